The number of morpholine rings is 1. The van der Waals surface area contributed by atoms with Crippen LogP contribution in [0.15, 0.2) is 29.2 Å². The Morgan fingerprint density at radius 2 is 1.63 bits per heavy atom. The van der Waals surface area contributed by atoms with Crippen LogP contribution in [0.1, 0.15) is 65.8 Å². The maximum Gasteiger partial charge on any atom is 0.410 e. The summed E-state index contributed by atoms with van der Waals surface area (Å²) in [5.41, 5.74) is 1.53. The average molecular weight is 635 g/mol. The Bertz CT molecular complexity index is 1400. The van der Waals surface area contributed by atoms with Crippen molar-refractivity contribution in [1.82, 2.24) is 14.1 Å². The molecule has 43 heavy (non-hydrogen) atoms. The lowest BCUT2D eigenvalue weighted by Crippen LogP contribution is -2.41. The molecule has 0 bridgehead atoms. The van der Waals surface area contributed by atoms with E-state index in [0.717, 1.165) is 10.4 Å². The van der Waals surface area contributed by atoms with Gasteiger partial charge in [-0.05, 0) is 55.0 Å². The van der Waals surface area contributed by atoms with E-state index in [2.05, 4.69) is 5.32 Å². The number of carbonyl (C=O) groups is 3. The van der Waals surface area contributed by atoms with Crippen molar-refractivity contribution in [3.63, 3.8) is 0 Å². The summed E-state index contributed by atoms with van der Waals surface area (Å²) in [6.07, 6.45) is 0.0467. The van der Waals surface area contributed by atoms with Crippen molar-refractivity contribution >= 4 is 44.3 Å². The number of nitrogens with one attached hydrogen (secondary N) is 1. The number of fused-ring (bicyclic) bond motifs is 1. The molecule has 236 valence electrons. The molecule has 0 atom stereocenters. The van der Waals surface area contributed by atoms with Crippen molar-refractivity contribution in [2.45, 2.75) is 52.5 Å². The van der Waals surface area contributed by atoms with E-state index in [1.54, 1.807) is 16.7 Å². The van der Waals surface area contributed by atoms with Crippen molar-refractivity contribution in [2.24, 2.45) is 11.8 Å². The highest BCUT2D eigenvalue weighted by Gasteiger charge is 2.33. The number of hydrogen-bond acceptors (Lipinski definition) is 8. The Hall–Kier alpha value is -3.00. The van der Waals surface area contributed by atoms with E-state index in [4.69, 9.17) is 9.47 Å². The van der Waals surface area contributed by atoms with Gasteiger partial charge in [-0.15, -0.1) is 11.3 Å². The molecule has 0 saturated carbocycles. The second-order valence-corrected chi connectivity index (χ2v) is 14.6. The molecule has 4 rings (SSSR count). The number of benzene rings is 1. The molecule has 1 aromatic carbocycles. The van der Waals surface area contributed by atoms with E-state index >= 15 is 0 Å². The molecule has 1 N–H and O–H groups in total. The average Bonchev–Trinajstić information content (AvgIpc) is 3.33. The number of hydrogen-bond donors (Lipinski definition) is 1. The van der Waals surface area contributed by atoms with Crippen molar-refractivity contribution in [1.29, 1.82) is 0 Å². The van der Waals surface area contributed by atoms with Crippen LogP contribution in [0.3, 0.4) is 0 Å². The third kappa shape index (κ3) is 7.75. The van der Waals surface area contributed by atoms with Gasteiger partial charge in [0.05, 0.1) is 36.8 Å². The van der Waals surface area contributed by atoms with Gasteiger partial charge in [-0.1, -0.05) is 27.7 Å². The topological polar surface area (TPSA) is 126 Å². The lowest BCUT2D eigenvalue weighted by atomic mass is 10.0. The number of ether oxygens (including phenoxy) is 2. The number of anilines is 1. The van der Waals surface area contributed by atoms with Crippen LogP contribution < -0.4 is 5.32 Å². The van der Waals surface area contributed by atoms with Gasteiger partial charge in [-0.2, -0.15) is 4.31 Å². The predicted molar refractivity (Wildman–Crippen MR) is 165 cm³/mol. The zero-order valence-corrected chi connectivity index (χ0v) is 27.2. The highest BCUT2D eigenvalue weighted by Crippen LogP contribution is 2.38. The fourth-order valence-corrected chi connectivity index (χ4v) is 8.22. The van der Waals surface area contributed by atoms with E-state index in [-0.39, 0.29) is 41.4 Å². The molecule has 1 saturated heterocycles. The summed E-state index contributed by atoms with van der Waals surface area (Å²) >= 11 is 1.28. The van der Waals surface area contributed by atoms with E-state index < -0.39 is 22.0 Å². The molecule has 1 fully saturated rings. The highest BCUT2D eigenvalue weighted by molar-refractivity contribution is 7.89. The van der Waals surface area contributed by atoms with Gasteiger partial charge in [-0.25, -0.2) is 13.2 Å². The van der Waals surface area contributed by atoms with E-state index in [1.165, 1.54) is 39.9 Å². The first-order valence-electron chi connectivity index (χ1n) is 14.8. The molecule has 0 radical (unpaired) electrons. The lowest BCUT2D eigenvalue weighted by molar-refractivity contribution is 0.0303. The molecule has 0 aliphatic carbocycles. The predicted octanol–water partition coefficient (Wildman–Crippen LogP) is 4.29. The molecule has 1 aromatic heterocycles. The quantitative estimate of drug-likeness (QED) is 0.413. The minimum atomic E-state index is -3.74. The van der Waals surface area contributed by atoms with Gasteiger partial charge in [0.2, 0.25) is 10.0 Å². The fraction of sp³-hybridized carbons (Fsp3) is 0.567. The smallest absolute Gasteiger partial charge is 0.410 e. The summed E-state index contributed by atoms with van der Waals surface area (Å²) in [4.78, 5) is 43.8. The molecule has 3 heterocycles. The molecule has 3 amide bonds. The Balaban J connectivity index is 1.59. The van der Waals surface area contributed by atoms with Crippen molar-refractivity contribution in [2.75, 3.05) is 57.9 Å². The van der Waals surface area contributed by atoms with Crippen molar-refractivity contribution < 1.29 is 32.3 Å². The maximum absolute atomic E-state index is 13.7. The Morgan fingerprint density at radius 3 is 2.21 bits per heavy atom. The minimum absolute atomic E-state index is 0.124. The van der Waals surface area contributed by atoms with E-state index in [9.17, 15) is 22.8 Å². The number of thiophene rings is 1. The number of rotatable bonds is 10. The van der Waals surface area contributed by atoms with Crippen LogP contribution >= 0.6 is 11.3 Å². The zero-order chi connectivity index (χ0) is 31.3. The zero-order valence-electron chi connectivity index (χ0n) is 25.6. The van der Waals surface area contributed by atoms with Crippen LogP contribution in [0.5, 0.6) is 0 Å². The van der Waals surface area contributed by atoms with E-state index in [0.29, 0.717) is 62.9 Å². The van der Waals surface area contributed by atoms with Crippen molar-refractivity contribution in [3.05, 3.63) is 45.8 Å². The molecule has 0 unspecified atom stereocenters. The van der Waals surface area contributed by atoms with E-state index in [1.807, 2.05) is 27.7 Å². The fourth-order valence-electron chi connectivity index (χ4n) is 5.20. The molecule has 2 aliphatic heterocycles. The number of nitrogens with zero attached hydrogens (tertiary/aromatic N) is 3. The number of amides is 3. The third-order valence-electron chi connectivity index (χ3n) is 7.21. The summed E-state index contributed by atoms with van der Waals surface area (Å²) in [5.74, 6) is -0.317. The second-order valence-electron chi connectivity index (χ2n) is 11.6. The Morgan fingerprint density at radius 1 is 1.00 bits per heavy atom. The normalized spacial score (nSPS) is 15.6. The summed E-state index contributed by atoms with van der Waals surface area (Å²) in [5, 5.41) is 3.32. The minimum Gasteiger partial charge on any atom is -0.450 e. The first-order chi connectivity index (χ1) is 20.4. The molecule has 2 aromatic rings. The summed E-state index contributed by atoms with van der Waals surface area (Å²) in [6.45, 7) is 13.2. The second kappa shape index (κ2) is 14.2. The first kappa shape index (κ1) is 32.9. The van der Waals surface area contributed by atoms with Gasteiger partial charge in [0, 0.05) is 43.2 Å². The van der Waals surface area contributed by atoms with Crippen LogP contribution in [0.4, 0.5) is 9.80 Å². The van der Waals surface area contributed by atoms with Crippen LogP contribution in [0.25, 0.3) is 0 Å². The molecule has 2 aliphatic rings. The maximum atomic E-state index is 13.7. The van der Waals surface area contributed by atoms with Gasteiger partial charge in [0.15, 0.2) is 0 Å². The number of sulfonamides is 1. The lowest BCUT2D eigenvalue weighted by Gasteiger charge is -2.29. The Kier molecular flexibility index (Phi) is 10.9. The van der Waals surface area contributed by atoms with Crippen LogP contribution in [-0.4, -0.2) is 93.0 Å². The summed E-state index contributed by atoms with van der Waals surface area (Å²) in [7, 11) is -3.74. The van der Waals surface area contributed by atoms with Gasteiger partial charge in [0.25, 0.3) is 11.8 Å². The van der Waals surface area contributed by atoms with Gasteiger partial charge >= 0.3 is 6.09 Å². The highest BCUT2D eigenvalue weighted by atomic mass is 32.2. The first-order valence-corrected chi connectivity index (χ1v) is 17.0. The summed E-state index contributed by atoms with van der Waals surface area (Å²) < 4.78 is 38.9. The van der Waals surface area contributed by atoms with Crippen LogP contribution in [0.2, 0.25) is 0 Å². The van der Waals surface area contributed by atoms with Gasteiger partial charge in [-0.3, -0.25) is 9.59 Å². The molecular weight excluding hydrogens is 592 g/mol. The Labute approximate surface area is 258 Å². The SMILES string of the molecule is CCOC(=O)N1CCc2c(sc(NC(=O)c3ccc(S(=O)(=O)N(CC(C)C)CC(C)C)cc3)c2C(=O)N2CCOCC2)C1. The largest absolute Gasteiger partial charge is 0.450 e. The summed E-state index contributed by atoms with van der Waals surface area (Å²) in [6, 6.07) is 5.89. The number of carbonyl (C=O) groups excluding carboxylic acids is 3. The van der Waals surface area contributed by atoms with Crippen molar-refractivity contribution in [3.8, 4) is 0 Å². The molecule has 0 spiro atoms. The van der Waals surface area contributed by atoms with Crippen LogP contribution in [0, 0.1) is 11.8 Å². The monoisotopic (exact) mass is 634 g/mol. The van der Waals surface area contributed by atoms with Gasteiger partial charge < -0.3 is 24.6 Å². The third-order valence-corrected chi connectivity index (χ3v) is 10.2. The standard InChI is InChI=1S/C30H42N4O7S2/c1-6-41-30(37)33-12-11-24-25(19-33)42-28(26(24)29(36)32-13-15-40-16-14-32)31-27(35)22-7-9-23(10-8-22)43(38,39)34(17-20(2)3)18-21(4)5/h7-10,20-21H,6,11-19H2,1-5H3,(H,31,35). The van der Waals surface area contributed by atoms with Gasteiger partial charge in [0.1, 0.15) is 5.00 Å². The molecular formula is C30H42N4O7S2. The molecule has 13 heteroatoms. The molecule has 11 nitrogen and oxygen atoms in total. The van der Waals surface area contributed by atoms with Crippen LogP contribution in [-0.2, 0) is 32.5 Å².